The lowest BCUT2D eigenvalue weighted by Crippen LogP contribution is -2.16. The van der Waals surface area contributed by atoms with Crippen LogP contribution >= 0.6 is 0 Å². The maximum atomic E-state index is 12.5. The van der Waals surface area contributed by atoms with Crippen molar-refractivity contribution in [1.29, 1.82) is 0 Å². The normalized spacial score (nSPS) is 11.2. The van der Waals surface area contributed by atoms with Crippen LogP contribution in [0.4, 0.5) is 39.8 Å². The van der Waals surface area contributed by atoms with Crippen LogP contribution in [0.15, 0.2) is 0 Å². The van der Waals surface area contributed by atoms with E-state index in [9.17, 15) is 35.1 Å². The predicted molar refractivity (Wildman–Crippen MR) is 33.7 cm³/mol. The molecule has 1 aromatic rings. The lowest BCUT2D eigenvalue weighted by Gasteiger charge is -2.10. The van der Waals surface area contributed by atoms with Crippen molar-refractivity contribution in [2.75, 3.05) is 0 Å². The van der Waals surface area contributed by atoms with Crippen molar-refractivity contribution in [3.63, 3.8) is 0 Å². The number of hydrogen-bond acceptors (Lipinski definition) is 0. The van der Waals surface area contributed by atoms with Crippen LogP contribution in [0.5, 0.6) is 0 Å². The Labute approximate surface area is 81.8 Å². The zero-order valence-corrected chi connectivity index (χ0v) is 6.93. The van der Waals surface area contributed by atoms with E-state index < -0.39 is 40.8 Å². The molecule has 16 heavy (non-hydrogen) atoms. The maximum absolute atomic E-state index is 12.5. The second-order valence-corrected chi connectivity index (χ2v) is 2.44. The Hall–Kier alpha value is -1.41. The summed E-state index contributed by atoms with van der Waals surface area (Å²) in [6, 6.07) is 0. The molecule has 1 aromatic carbocycles. The van der Waals surface area contributed by atoms with Crippen molar-refractivity contribution in [2.45, 2.75) is 6.18 Å². The summed E-state index contributed by atoms with van der Waals surface area (Å²) in [5.41, 5.74) is -2.79. The highest BCUT2D eigenvalue weighted by Gasteiger charge is 2.42. The van der Waals surface area contributed by atoms with Crippen molar-refractivity contribution in [3.8, 4) is 0 Å². The molecule has 0 aliphatic rings. The number of halogens is 9. The molecule has 0 radical (unpaired) electrons. The average Bonchev–Trinajstić information content (AvgIpc) is 2.09. The molecule has 0 aromatic heterocycles. The third-order valence-corrected chi connectivity index (χ3v) is 1.49. The molecular weight excluding hydrogens is 255 g/mol. The van der Waals surface area contributed by atoms with Crippen molar-refractivity contribution in [1.82, 2.24) is 0 Å². The highest BCUT2D eigenvalue weighted by molar-refractivity contribution is 5.26. The quantitative estimate of drug-likeness (QED) is 0.378. The van der Waals surface area contributed by atoms with E-state index in [2.05, 4.69) is 0 Å². The van der Waals surface area contributed by atoms with Crippen molar-refractivity contribution in [2.24, 2.45) is 0 Å². The van der Waals surface area contributed by atoms with Crippen LogP contribution in [-0.2, 0) is 6.18 Å². The zero-order valence-electron chi connectivity index (χ0n) is 6.93. The van der Waals surface area contributed by atoms with Gasteiger partial charge < -0.3 is 0 Å². The van der Waals surface area contributed by atoms with E-state index in [0.717, 1.165) is 0 Å². The van der Waals surface area contributed by atoms with E-state index in [1.54, 1.807) is 0 Å². The fourth-order valence-electron chi connectivity index (χ4n) is 0.854. The third kappa shape index (κ3) is 2.07. The van der Waals surface area contributed by atoms with Gasteiger partial charge in [-0.1, -0.05) is 0 Å². The number of alkyl halides is 3. The van der Waals surface area contributed by atoms with Crippen molar-refractivity contribution < 1.29 is 39.8 Å². The van der Waals surface area contributed by atoms with Crippen LogP contribution in [0.3, 0.4) is 0 Å². The van der Waals surface area contributed by atoms with Gasteiger partial charge in [0.2, 0.25) is 5.82 Å². The maximum Gasteiger partial charge on any atom is 0.422 e. The van der Waals surface area contributed by atoms with Gasteiger partial charge in [-0.05, 0) is 0 Å². The van der Waals surface area contributed by atoms with Gasteiger partial charge in [-0.15, -0.1) is 0 Å². The van der Waals surface area contributed by atoms with Crippen LogP contribution in [-0.4, -0.2) is 0 Å². The first-order valence-corrected chi connectivity index (χ1v) is 3.26. The van der Waals surface area contributed by atoms with Crippen LogP contribution < -0.4 is 0 Å². The van der Waals surface area contributed by atoms with Crippen molar-refractivity contribution >= 4 is 0 Å². The van der Waals surface area contributed by atoms with Crippen LogP contribution in [0.2, 0.25) is 0 Å². The Morgan fingerprint density at radius 3 is 1.06 bits per heavy atom. The molecule has 0 amide bonds. The molecule has 9 heteroatoms. The largest absolute Gasteiger partial charge is 0.422 e. The van der Waals surface area contributed by atoms with Crippen LogP contribution in [0, 0.1) is 29.1 Å². The van der Waals surface area contributed by atoms with Gasteiger partial charge in [0.25, 0.3) is 0 Å². The van der Waals surface area contributed by atoms with E-state index >= 15 is 0 Å². The molecular formula is C7HF9. The highest BCUT2D eigenvalue weighted by atomic mass is 19.4. The summed E-state index contributed by atoms with van der Waals surface area (Å²) in [6.45, 7) is 0. The summed E-state index contributed by atoms with van der Waals surface area (Å²) >= 11 is 0. The SMILES string of the molecule is F.Fc1c(F)c(F)c(C(F)(F)F)c(F)c1F. The lowest BCUT2D eigenvalue weighted by molar-refractivity contribution is -0.143. The lowest BCUT2D eigenvalue weighted by atomic mass is 10.1. The van der Waals surface area contributed by atoms with Gasteiger partial charge >= 0.3 is 6.18 Å². The monoisotopic (exact) mass is 256 g/mol. The first-order chi connectivity index (χ1) is 6.68. The van der Waals surface area contributed by atoms with Gasteiger partial charge in [0.05, 0.1) is 0 Å². The van der Waals surface area contributed by atoms with E-state index in [4.69, 9.17) is 0 Å². The second kappa shape index (κ2) is 4.22. The topological polar surface area (TPSA) is 0 Å². The van der Waals surface area contributed by atoms with Gasteiger partial charge in [0, 0.05) is 0 Å². The molecule has 92 valence electrons. The molecule has 0 N–H and O–H groups in total. The van der Waals surface area contributed by atoms with Gasteiger partial charge in [0.1, 0.15) is 5.56 Å². The molecule has 0 bridgehead atoms. The molecule has 0 fully saturated rings. The summed E-state index contributed by atoms with van der Waals surface area (Å²) in [4.78, 5) is 0. The number of rotatable bonds is 0. The molecule has 0 saturated carbocycles. The van der Waals surface area contributed by atoms with Crippen molar-refractivity contribution in [3.05, 3.63) is 34.6 Å². The van der Waals surface area contributed by atoms with Crippen LogP contribution in [0.1, 0.15) is 5.56 Å². The van der Waals surface area contributed by atoms with Gasteiger partial charge in [-0.25, -0.2) is 22.0 Å². The molecule has 1 rings (SSSR count). The Morgan fingerprint density at radius 1 is 0.562 bits per heavy atom. The van der Waals surface area contributed by atoms with E-state index in [1.165, 1.54) is 0 Å². The summed E-state index contributed by atoms with van der Waals surface area (Å²) in [6.07, 6.45) is -5.65. The molecule has 0 unspecified atom stereocenters. The van der Waals surface area contributed by atoms with Gasteiger partial charge in [-0.2, -0.15) is 13.2 Å². The molecule has 0 aliphatic carbocycles. The molecule has 0 atom stereocenters. The van der Waals surface area contributed by atoms with E-state index in [1.807, 2.05) is 0 Å². The summed E-state index contributed by atoms with van der Waals surface area (Å²) in [5, 5.41) is 0. The number of hydrogen-bond donors (Lipinski definition) is 0. The zero-order chi connectivity index (χ0) is 12.0. The Balaban J connectivity index is 0.00000225. The molecule has 0 spiro atoms. The minimum Gasteiger partial charge on any atom is -0.269 e. The average molecular weight is 256 g/mol. The summed E-state index contributed by atoms with van der Waals surface area (Å²) < 4.78 is 97.3. The summed E-state index contributed by atoms with van der Waals surface area (Å²) in [7, 11) is 0. The predicted octanol–water partition coefficient (Wildman–Crippen LogP) is 3.55. The minimum atomic E-state index is -5.65. The summed E-state index contributed by atoms with van der Waals surface area (Å²) in [5.74, 6) is -13.7. The fourth-order valence-corrected chi connectivity index (χ4v) is 0.854. The highest BCUT2D eigenvalue weighted by Crippen LogP contribution is 2.36. The van der Waals surface area contributed by atoms with Gasteiger partial charge in [0.15, 0.2) is 23.3 Å². The first-order valence-electron chi connectivity index (χ1n) is 3.26. The smallest absolute Gasteiger partial charge is 0.269 e. The molecule has 0 heterocycles. The molecule has 0 nitrogen and oxygen atoms in total. The van der Waals surface area contributed by atoms with Gasteiger partial charge in [-0.3, -0.25) is 4.70 Å². The van der Waals surface area contributed by atoms with E-state index in [-0.39, 0.29) is 4.70 Å². The van der Waals surface area contributed by atoms with Crippen LogP contribution in [0.25, 0.3) is 0 Å². The standard InChI is InChI=1S/C7F8.FH/c8-2-1(7(13,14)15)3(9)5(11)6(12)4(2)10;/h;1H. The Bertz CT molecular complexity index is 376. The first kappa shape index (κ1) is 14.6. The molecule has 0 saturated heterocycles. The number of benzene rings is 1. The second-order valence-electron chi connectivity index (χ2n) is 2.44. The van der Waals surface area contributed by atoms with E-state index in [0.29, 0.717) is 0 Å². The third-order valence-electron chi connectivity index (χ3n) is 1.49. The Kier molecular flexibility index (Phi) is 3.85. The Morgan fingerprint density at radius 2 is 0.812 bits per heavy atom. The minimum absolute atomic E-state index is 0. The fraction of sp³-hybridized carbons (Fsp3) is 0.143. The molecule has 0 aliphatic heterocycles.